The number of esters is 2. The van der Waals surface area contributed by atoms with Gasteiger partial charge in [0.25, 0.3) is 0 Å². The van der Waals surface area contributed by atoms with Crippen molar-refractivity contribution in [1.29, 1.82) is 5.26 Å². The molecule has 7 nitrogen and oxygen atoms in total. The average Bonchev–Trinajstić information content (AvgIpc) is 3.39. The summed E-state index contributed by atoms with van der Waals surface area (Å²) in [6, 6.07) is 9.39. The fourth-order valence-corrected chi connectivity index (χ4v) is 4.97. The Morgan fingerprint density at radius 2 is 1.91 bits per heavy atom. The number of rotatable bonds is 7. The zero-order valence-corrected chi connectivity index (χ0v) is 22.3. The molecule has 0 saturated heterocycles. The van der Waals surface area contributed by atoms with Gasteiger partial charge in [0, 0.05) is 22.2 Å². The Hall–Kier alpha value is -3.19. The Kier molecular flexibility index (Phi) is 8.33. The van der Waals surface area contributed by atoms with Gasteiger partial charge in [-0.15, -0.1) is 22.7 Å². The third kappa shape index (κ3) is 6.48. The number of thiazole rings is 1. The Bertz CT molecular complexity index is 1310. The van der Waals surface area contributed by atoms with Crippen LogP contribution < -0.4 is 5.32 Å². The maximum absolute atomic E-state index is 12.7. The lowest BCUT2D eigenvalue weighted by Gasteiger charge is -2.19. The van der Waals surface area contributed by atoms with Crippen molar-refractivity contribution in [2.45, 2.75) is 40.2 Å². The molecule has 0 bridgehead atoms. The number of allylic oxidation sites excluding steroid dienone is 1. The van der Waals surface area contributed by atoms with Gasteiger partial charge in [-0.05, 0) is 52.3 Å². The molecule has 2 heterocycles. The molecular weight excluding hydrogens is 506 g/mol. The first-order chi connectivity index (χ1) is 16.5. The maximum atomic E-state index is 12.7. The standard InChI is InChI=1S/C25H24ClN3O4S2/c1-6-32-23(30)19-14(2)20(24(31)33-25(3,4)5)35-22(19)28-12-16(11-27)21-29-18(13-34-21)15-7-9-17(26)10-8-15/h7-10,12-13,28H,6H2,1-5H3. The SMILES string of the molecule is CCOC(=O)c1c(NC=C(C#N)c2nc(-c3ccc(Cl)cc3)cs2)sc(C(=O)OC(C)(C)C)c1C. The van der Waals surface area contributed by atoms with Gasteiger partial charge in [-0.1, -0.05) is 23.7 Å². The molecule has 0 fully saturated rings. The van der Waals surface area contributed by atoms with Crippen LogP contribution in [0.15, 0.2) is 35.8 Å². The van der Waals surface area contributed by atoms with Gasteiger partial charge in [-0.25, -0.2) is 14.6 Å². The van der Waals surface area contributed by atoms with E-state index in [0.29, 0.717) is 26.3 Å². The number of nitriles is 1. The highest BCUT2D eigenvalue weighted by molar-refractivity contribution is 7.18. The molecule has 10 heteroatoms. The number of aromatic nitrogens is 1. The highest BCUT2D eigenvalue weighted by Gasteiger charge is 2.28. The second-order valence-corrected chi connectivity index (χ2v) is 10.7. The van der Waals surface area contributed by atoms with E-state index in [0.717, 1.165) is 16.9 Å². The Morgan fingerprint density at radius 3 is 2.51 bits per heavy atom. The normalized spacial score (nSPS) is 11.6. The number of nitrogens with zero attached hydrogens (tertiary/aromatic N) is 2. The average molecular weight is 530 g/mol. The number of hydrogen-bond donors (Lipinski definition) is 1. The summed E-state index contributed by atoms with van der Waals surface area (Å²) >= 11 is 8.34. The van der Waals surface area contributed by atoms with Crippen LogP contribution in [0.2, 0.25) is 5.02 Å². The van der Waals surface area contributed by atoms with Crippen molar-refractivity contribution >= 4 is 56.8 Å². The van der Waals surface area contributed by atoms with Crippen LogP contribution >= 0.6 is 34.3 Å². The van der Waals surface area contributed by atoms with Crippen molar-refractivity contribution in [3.8, 4) is 17.3 Å². The summed E-state index contributed by atoms with van der Waals surface area (Å²) in [6.07, 6.45) is 1.47. The van der Waals surface area contributed by atoms with E-state index in [1.165, 1.54) is 17.5 Å². The van der Waals surface area contributed by atoms with Crippen LogP contribution in [-0.2, 0) is 9.47 Å². The van der Waals surface area contributed by atoms with Crippen LogP contribution in [0.3, 0.4) is 0 Å². The third-order valence-corrected chi connectivity index (χ3v) is 6.88. The molecule has 182 valence electrons. The van der Waals surface area contributed by atoms with E-state index in [4.69, 9.17) is 21.1 Å². The molecule has 0 unspecified atom stereocenters. The number of carbonyl (C=O) groups excluding carboxylic acids is 2. The summed E-state index contributed by atoms with van der Waals surface area (Å²) in [5.41, 5.74) is 1.86. The summed E-state index contributed by atoms with van der Waals surface area (Å²) in [7, 11) is 0. The van der Waals surface area contributed by atoms with Gasteiger partial charge >= 0.3 is 11.9 Å². The van der Waals surface area contributed by atoms with E-state index >= 15 is 0 Å². The summed E-state index contributed by atoms with van der Waals surface area (Å²) in [5.74, 6) is -1.10. The molecule has 3 rings (SSSR count). The molecule has 0 atom stereocenters. The number of halogens is 1. The van der Waals surface area contributed by atoms with E-state index < -0.39 is 17.5 Å². The summed E-state index contributed by atoms with van der Waals surface area (Å²) < 4.78 is 10.7. The largest absolute Gasteiger partial charge is 0.462 e. The lowest BCUT2D eigenvalue weighted by atomic mass is 10.1. The van der Waals surface area contributed by atoms with Crippen LogP contribution in [0, 0.1) is 18.3 Å². The van der Waals surface area contributed by atoms with Crippen LogP contribution in [0.5, 0.6) is 0 Å². The van der Waals surface area contributed by atoms with Crippen LogP contribution in [0.25, 0.3) is 16.8 Å². The third-order valence-electron chi connectivity index (χ3n) is 4.55. The van der Waals surface area contributed by atoms with E-state index in [2.05, 4.69) is 16.4 Å². The van der Waals surface area contributed by atoms with Crippen molar-refractivity contribution in [2.24, 2.45) is 0 Å². The lowest BCUT2D eigenvalue weighted by Crippen LogP contribution is -2.23. The second-order valence-electron chi connectivity index (χ2n) is 8.34. The topological polar surface area (TPSA) is 101 Å². The number of nitrogens with one attached hydrogen (secondary N) is 1. The summed E-state index contributed by atoms with van der Waals surface area (Å²) in [6.45, 7) is 8.87. The molecule has 0 amide bonds. The van der Waals surface area contributed by atoms with Gasteiger partial charge in [-0.2, -0.15) is 5.26 Å². The van der Waals surface area contributed by atoms with E-state index in [1.54, 1.807) is 46.8 Å². The Morgan fingerprint density at radius 1 is 1.23 bits per heavy atom. The first-order valence-corrected chi connectivity index (χ1v) is 12.7. The van der Waals surface area contributed by atoms with Gasteiger partial charge in [0.2, 0.25) is 0 Å². The highest BCUT2D eigenvalue weighted by atomic mass is 35.5. The van der Waals surface area contributed by atoms with E-state index in [9.17, 15) is 14.9 Å². The number of hydrogen-bond acceptors (Lipinski definition) is 9. The summed E-state index contributed by atoms with van der Waals surface area (Å²) in [5, 5.41) is 16.1. The van der Waals surface area contributed by atoms with Gasteiger partial charge in [0.15, 0.2) is 0 Å². The van der Waals surface area contributed by atoms with Gasteiger partial charge < -0.3 is 14.8 Å². The predicted molar refractivity (Wildman–Crippen MR) is 140 cm³/mol. The smallest absolute Gasteiger partial charge is 0.349 e. The van der Waals surface area contributed by atoms with Crippen LogP contribution in [0.1, 0.15) is 58.3 Å². The number of carbonyl (C=O) groups is 2. The fourth-order valence-electron chi connectivity index (χ4n) is 3.01. The van der Waals surface area contributed by atoms with Crippen molar-refractivity contribution in [1.82, 2.24) is 4.98 Å². The molecule has 0 spiro atoms. The predicted octanol–water partition coefficient (Wildman–Crippen LogP) is 6.94. The zero-order chi connectivity index (χ0) is 25.8. The number of thiophene rings is 1. The number of benzene rings is 1. The molecular formula is C25H24ClN3O4S2. The molecule has 3 aromatic rings. The van der Waals surface area contributed by atoms with Crippen molar-refractivity contribution < 1.29 is 19.1 Å². The molecule has 1 N–H and O–H groups in total. The fraction of sp³-hybridized carbons (Fsp3) is 0.280. The van der Waals surface area contributed by atoms with Gasteiger partial charge in [0.1, 0.15) is 32.1 Å². The molecule has 0 radical (unpaired) electrons. The minimum atomic E-state index is -0.689. The Labute approximate surface area is 217 Å². The minimum absolute atomic E-state index is 0.182. The zero-order valence-electron chi connectivity index (χ0n) is 19.9. The lowest BCUT2D eigenvalue weighted by molar-refractivity contribution is 0.00745. The first kappa shape index (κ1) is 26.4. The van der Waals surface area contributed by atoms with E-state index in [1.807, 2.05) is 17.5 Å². The quantitative estimate of drug-likeness (QED) is 0.261. The highest BCUT2D eigenvalue weighted by Crippen LogP contribution is 2.36. The molecule has 2 aromatic heterocycles. The maximum Gasteiger partial charge on any atom is 0.349 e. The molecule has 0 aliphatic rings. The minimum Gasteiger partial charge on any atom is -0.462 e. The van der Waals surface area contributed by atoms with Crippen molar-refractivity contribution in [2.75, 3.05) is 11.9 Å². The summed E-state index contributed by atoms with van der Waals surface area (Å²) in [4.78, 5) is 30.2. The Balaban J connectivity index is 1.94. The number of ether oxygens (including phenoxy) is 2. The molecule has 1 aromatic carbocycles. The van der Waals surface area contributed by atoms with Gasteiger partial charge in [-0.3, -0.25) is 0 Å². The van der Waals surface area contributed by atoms with Crippen LogP contribution in [0.4, 0.5) is 5.00 Å². The van der Waals surface area contributed by atoms with Gasteiger partial charge in [0.05, 0.1) is 17.9 Å². The monoisotopic (exact) mass is 529 g/mol. The number of anilines is 1. The first-order valence-electron chi connectivity index (χ1n) is 10.7. The molecule has 0 saturated carbocycles. The second kappa shape index (κ2) is 11.0. The van der Waals surface area contributed by atoms with Crippen molar-refractivity contribution in [3.63, 3.8) is 0 Å². The van der Waals surface area contributed by atoms with Crippen molar-refractivity contribution in [3.05, 3.63) is 61.9 Å². The molecule has 0 aliphatic heterocycles. The molecule has 35 heavy (non-hydrogen) atoms. The van der Waals surface area contributed by atoms with E-state index in [-0.39, 0.29) is 22.6 Å². The van der Waals surface area contributed by atoms with Crippen LogP contribution in [-0.4, -0.2) is 29.1 Å². The molecule has 0 aliphatic carbocycles.